The van der Waals surface area contributed by atoms with Crippen molar-refractivity contribution in [2.45, 2.75) is 0 Å². The van der Waals surface area contributed by atoms with Gasteiger partial charge < -0.3 is 16.6 Å². The van der Waals surface area contributed by atoms with Gasteiger partial charge in [-0.25, -0.2) is 0 Å². The zero-order valence-electron chi connectivity index (χ0n) is 4.13. The van der Waals surface area contributed by atoms with Crippen LogP contribution in [-0.2, 0) is 0 Å². The molecule has 0 fully saturated rings. The summed E-state index contributed by atoms with van der Waals surface area (Å²) in [7, 11) is 0. The van der Waals surface area contributed by atoms with Gasteiger partial charge in [-0.2, -0.15) is 0 Å². The van der Waals surface area contributed by atoms with Crippen molar-refractivity contribution in [3.05, 3.63) is 23.2 Å². The van der Waals surface area contributed by atoms with E-state index in [1.165, 1.54) is 0 Å². The van der Waals surface area contributed by atoms with Crippen LogP contribution in [0.4, 0.5) is 0 Å². The van der Waals surface area contributed by atoms with E-state index in [0.717, 1.165) is 12.3 Å². The predicted octanol–water partition coefficient (Wildman–Crippen LogP) is 0.383. The van der Waals surface area contributed by atoms with Gasteiger partial charge in [0, 0.05) is 12.3 Å². The van der Waals surface area contributed by atoms with Crippen LogP contribution >= 0.6 is 11.6 Å². The number of nitrogens with two attached hydrogens (primary N) is 2. The number of halogens is 1. The van der Waals surface area contributed by atoms with Crippen molar-refractivity contribution in [1.29, 1.82) is 0 Å². The zero-order chi connectivity index (χ0) is 6.57. The third-order valence-corrected chi connectivity index (χ3v) is 0.566. The third kappa shape index (κ3) is 3.36. The van der Waals surface area contributed by atoms with E-state index in [0.29, 0.717) is 0 Å². The van der Waals surface area contributed by atoms with Crippen molar-refractivity contribution in [2.75, 3.05) is 0 Å². The second-order valence-corrected chi connectivity index (χ2v) is 1.56. The van der Waals surface area contributed by atoms with Gasteiger partial charge in [0.25, 0.3) is 0 Å². The average molecular weight is 135 g/mol. The Kier molecular flexibility index (Phi) is 2.88. The molecular weight excluding hydrogens is 128 g/mol. The Balaban J connectivity index is 3.89. The summed E-state index contributed by atoms with van der Waals surface area (Å²) < 4.78 is 0. The SMILES string of the molecule is N/C=C(O)\C=C(/N)Cl. The first-order valence-corrected chi connectivity index (χ1v) is 2.28. The van der Waals surface area contributed by atoms with Crippen LogP contribution in [0.3, 0.4) is 0 Å². The molecule has 0 amide bonds. The fourth-order valence-electron chi connectivity index (χ4n) is 0.189. The fourth-order valence-corrected chi connectivity index (χ4v) is 0.301. The van der Waals surface area contributed by atoms with E-state index in [1.54, 1.807) is 0 Å². The van der Waals surface area contributed by atoms with Gasteiger partial charge in [0.15, 0.2) is 0 Å². The van der Waals surface area contributed by atoms with E-state index >= 15 is 0 Å². The molecule has 0 aliphatic rings. The standard InChI is InChI=1S/C4H7ClN2O/c5-4(7)1-3(8)2-6/h1-2,8H,6-7H2/b3-2+,4-1-. The van der Waals surface area contributed by atoms with Gasteiger partial charge >= 0.3 is 0 Å². The summed E-state index contributed by atoms with van der Waals surface area (Å²) in [5.41, 5.74) is 9.79. The molecule has 0 bridgehead atoms. The van der Waals surface area contributed by atoms with Gasteiger partial charge in [0.2, 0.25) is 0 Å². The molecule has 46 valence electrons. The molecule has 3 nitrogen and oxygen atoms in total. The van der Waals surface area contributed by atoms with Crippen molar-refractivity contribution in [3.8, 4) is 0 Å². The Bertz CT molecular complexity index is 126. The minimum absolute atomic E-state index is 0.00389. The Morgan fingerprint density at radius 1 is 1.62 bits per heavy atom. The van der Waals surface area contributed by atoms with E-state index in [2.05, 4.69) is 0 Å². The molecule has 0 aliphatic carbocycles. The minimum atomic E-state index is -0.141. The largest absolute Gasteiger partial charge is 0.506 e. The van der Waals surface area contributed by atoms with E-state index in [9.17, 15) is 0 Å². The molecule has 0 aromatic rings. The monoisotopic (exact) mass is 134 g/mol. The second-order valence-electron chi connectivity index (χ2n) is 1.12. The quantitative estimate of drug-likeness (QED) is 0.276. The van der Waals surface area contributed by atoms with Gasteiger partial charge in [-0.1, -0.05) is 11.6 Å². The van der Waals surface area contributed by atoms with Crippen LogP contribution < -0.4 is 11.5 Å². The molecule has 0 unspecified atom stereocenters. The van der Waals surface area contributed by atoms with Crippen molar-refractivity contribution in [1.82, 2.24) is 0 Å². The highest BCUT2D eigenvalue weighted by Gasteiger charge is 1.83. The topological polar surface area (TPSA) is 72.3 Å². The number of hydrogen-bond donors (Lipinski definition) is 3. The van der Waals surface area contributed by atoms with Gasteiger partial charge in [0.05, 0.1) is 0 Å². The Morgan fingerprint density at radius 3 is 2.25 bits per heavy atom. The Morgan fingerprint density at radius 2 is 2.12 bits per heavy atom. The summed E-state index contributed by atoms with van der Waals surface area (Å²) in [5, 5.41) is 8.53. The summed E-state index contributed by atoms with van der Waals surface area (Å²) in [4.78, 5) is 0. The minimum Gasteiger partial charge on any atom is -0.506 e. The van der Waals surface area contributed by atoms with E-state index < -0.39 is 0 Å². The first kappa shape index (κ1) is 7.17. The van der Waals surface area contributed by atoms with Crippen molar-refractivity contribution in [3.63, 3.8) is 0 Å². The number of hydrogen-bond acceptors (Lipinski definition) is 3. The van der Waals surface area contributed by atoms with Crippen LogP contribution in [0.1, 0.15) is 0 Å². The van der Waals surface area contributed by atoms with Crippen LogP contribution in [0.2, 0.25) is 0 Å². The fraction of sp³-hybridized carbons (Fsp3) is 0. The molecule has 0 spiro atoms. The van der Waals surface area contributed by atoms with E-state index in [4.69, 9.17) is 28.2 Å². The molecule has 5 N–H and O–H groups in total. The first-order valence-electron chi connectivity index (χ1n) is 1.90. The summed E-state index contributed by atoms with van der Waals surface area (Å²) in [6.07, 6.45) is 2.14. The van der Waals surface area contributed by atoms with Crippen LogP contribution in [0.25, 0.3) is 0 Å². The van der Waals surface area contributed by atoms with Gasteiger partial charge in [0.1, 0.15) is 10.9 Å². The lowest BCUT2D eigenvalue weighted by Crippen LogP contribution is -1.90. The van der Waals surface area contributed by atoms with Gasteiger partial charge in [-0.15, -0.1) is 0 Å². The molecule has 0 aliphatic heterocycles. The maximum absolute atomic E-state index is 8.52. The van der Waals surface area contributed by atoms with E-state index in [-0.39, 0.29) is 10.9 Å². The normalized spacial score (nSPS) is 14.1. The van der Waals surface area contributed by atoms with Crippen LogP contribution in [0.5, 0.6) is 0 Å². The maximum Gasteiger partial charge on any atom is 0.133 e. The zero-order valence-corrected chi connectivity index (χ0v) is 4.89. The molecule has 8 heavy (non-hydrogen) atoms. The number of aliphatic hydroxyl groups excluding tert-OH is 1. The van der Waals surface area contributed by atoms with Crippen LogP contribution in [0, 0.1) is 0 Å². The Labute approximate surface area is 52.2 Å². The highest BCUT2D eigenvalue weighted by Crippen LogP contribution is 1.94. The molecule has 0 heterocycles. The lowest BCUT2D eigenvalue weighted by Gasteiger charge is -1.86. The number of rotatable bonds is 1. The molecule has 0 aromatic carbocycles. The maximum atomic E-state index is 8.52. The molecule has 0 atom stereocenters. The highest BCUT2D eigenvalue weighted by molar-refractivity contribution is 6.29. The van der Waals surface area contributed by atoms with Gasteiger partial charge in [-0.05, 0) is 0 Å². The Hall–Kier alpha value is -0.830. The lowest BCUT2D eigenvalue weighted by atomic mass is 10.5. The first-order chi connectivity index (χ1) is 3.66. The summed E-state index contributed by atoms with van der Waals surface area (Å²) in [6, 6.07) is 0. The molecule has 0 radical (unpaired) electrons. The van der Waals surface area contributed by atoms with Crippen molar-refractivity contribution in [2.24, 2.45) is 11.5 Å². The van der Waals surface area contributed by atoms with Crippen molar-refractivity contribution >= 4 is 11.6 Å². The summed E-state index contributed by atoms with van der Waals surface area (Å²) in [6.45, 7) is 0. The van der Waals surface area contributed by atoms with Crippen LogP contribution in [0.15, 0.2) is 23.2 Å². The summed E-state index contributed by atoms with van der Waals surface area (Å²) in [5.74, 6) is -0.141. The van der Waals surface area contributed by atoms with Gasteiger partial charge in [-0.3, -0.25) is 0 Å². The molecule has 0 rings (SSSR count). The molecule has 0 saturated carbocycles. The van der Waals surface area contributed by atoms with Crippen LogP contribution in [-0.4, -0.2) is 5.11 Å². The molecule has 4 heteroatoms. The lowest BCUT2D eigenvalue weighted by molar-refractivity contribution is 0.430. The summed E-state index contributed by atoms with van der Waals surface area (Å²) >= 11 is 5.13. The van der Waals surface area contributed by atoms with E-state index in [1.807, 2.05) is 0 Å². The predicted molar refractivity (Wildman–Crippen MR) is 33.0 cm³/mol. The second kappa shape index (κ2) is 3.21. The molecule has 0 saturated heterocycles. The number of aliphatic hydroxyl groups is 1. The molecular formula is C4H7ClN2O. The third-order valence-electron chi connectivity index (χ3n) is 0.457. The number of allylic oxidation sites excluding steroid dienone is 1. The van der Waals surface area contributed by atoms with Crippen molar-refractivity contribution < 1.29 is 5.11 Å². The average Bonchev–Trinajstić information content (AvgIpc) is 1.65. The smallest absolute Gasteiger partial charge is 0.133 e. The molecule has 0 aromatic heterocycles. The highest BCUT2D eigenvalue weighted by atomic mass is 35.5.